The molecule has 0 aromatic heterocycles. The van der Waals surface area contributed by atoms with Gasteiger partial charge in [0.25, 0.3) is 11.8 Å². The van der Waals surface area contributed by atoms with E-state index in [9.17, 15) is 14.4 Å². The zero-order valence-electron chi connectivity index (χ0n) is 16.3. The normalized spacial score (nSPS) is 13.7. The number of fused-ring (bicyclic) bond motifs is 1. The van der Waals surface area contributed by atoms with Gasteiger partial charge >= 0.3 is 5.97 Å². The summed E-state index contributed by atoms with van der Waals surface area (Å²) in [6, 6.07) is 21.4. The highest BCUT2D eigenvalue weighted by Gasteiger charge is 2.41. The van der Waals surface area contributed by atoms with Crippen LogP contribution in [0.1, 0.15) is 38.7 Å². The Morgan fingerprint density at radius 2 is 1.37 bits per heavy atom. The van der Waals surface area contributed by atoms with E-state index >= 15 is 0 Å². The minimum absolute atomic E-state index is 0.174. The van der Waals surface area contributed by atoms with Crippen molar-refractivity contribution in [3.63, 3.8) is 0 Å². The van der Waals surface area contributed by atoms with Gasteiger partial charge in [-0.05, 0) is 42.0 Å². The van der Waals surface area contributed by atoms with Crippen LogP contribution in [0.2, 0.25) is 0 Å². The van der Waals surface area contributed by atoms with Gasteiger partial charge < -0.3 is 9.47 Å². The fraction of sp³-hybridized carbons (Fsp3) is 0.125. The second-order valence-corrected chi connectivity index (χ2v) is 6.81. The van der Waals surface area contributed by atoms with E-state index in [1.165, 1.54) is 0 Å². The average molecular weight is 401 g/mol. The van der Waals surface area contributed by atoms with E-state index in [0.29, 0.717) is 28.2 Å². The van der Waals surface area contributed by atoms with E-state index in [0.717, 1.165) is 4.90 Å². The maximum atomic E-state index is 13.0. The van der Waals surface area contributed by atoms with Crippen molar-refractivity contribution < 1.29 is 23.9 Å². The number of methoxy groups -OCH3 is 1. The molecule has 0 radical (unpaired) electrons. The number of hydrogen-bond acceptors (Lipinski definition) is 5. The summed E-state index contributed by atoms with van der Waals surface area (Å²) in [6.45, 7) is 0. The van der Waals surface area contributed by atoms with Gasteiger partial charge in [0.1, 0.15) is 11.5 Å². The van der Waals surface area contributed by atoms with Crippen LogP contribution in [0.3, 0.4) is 0 Å². The van der Waals surface area contributed by atoms with Crippen molar-refractivity contribution in [2.45, 2.75) is 12.5 Å². The molecule has 1 aliphatic rings. The van der Waals surface area contributed by atoms with Crippen LogP contribution >= 0.6 is 0 Å². The number of amides is 2. The van der Waals surface area contributed by atoms with Crippen LogP contribution in [0.4, 0.5) is 0 Å². The molecule has 3 aromatic rings. The summed E-state index contributed by atoms with van der Waals surface area (Å²) in [5.74, 6) is -0.364. The van der Waals surface area contributed by atoms with E-state index in [1.54, 1.807) is 79.9 Å². The maximum absolute atomic E-state index is 13.0. The van der Waals surface area contributed by atoms with Crippen molar-refractivity contribution >= 4 is 17.8 Å². The number of carbonyl (C=O) groups is 3. The van der Waals surface area contributed by atoms with Crippen molar-refractivity contribution in [2.24, 2.45) is 0 Å². The maximum Gasteiger partial charge on any atom is 0.313 e. The third-order valence-corrected chi connectivity index (χ3v) is 4.97. The molecule has 6 nitrogen and oxygen atoms in total. The van der Waals surface area contributed by atoms with E-state index in [-0.39, 0.29) is 6.42 Å². The zero-order chi connectivity index (χ0) is 21.1. The molecule has 6 heteroatoms. The Kier molecular flexibility index (Phi) is 5.30. The molecule has 150 valence electrons. The third-order valence-electron chi connectivity index (χ3n) is 4.97. The number of nitrogens with zero attached hydrogens (tertiary/aromatic N) is 1. The summed E-state index contributed by atoms with van der Waals surface area (Å²) in [5, 5.41) is 0. The number of benzene rings is 3. The second-order valence-electron chi connectivity index (χ2n) is 6.81. The van der Waals surface area contributed by atoms with Gasteiger partial charge in [-0.3, -0.25) is 19.3 Å². The first-order valence-corrected chi connectivity index (χ1v) is 9.45. The molecule has 0 spiro atoms. The van der Waals surface area contributed by atoms with Gasteiger partial charge in [0, 0.05) is 0 Å². The van der Waals surface area contributed by atoms with Gasteiger partial charge in [-0.1, -0.05) is 42.5 Å². The summed E-state index contributed by atoms with van der Waals surface area (Å²) in [6.07, 6.45) is -0.174. The average Bonchev–Trinajstić information content (AvgIpc) is 3.03. The molecule has 0 bridgehead atoms. The van der Waals surface area contributed by atoms with Crippen molar-refractivity contribution in [1.29, 1.82) is 0 Å². The largest absolute Gasteiger partial charge is 0.497 e. The number of ether oxygens (including phenoxy) is 2. The summed E-state index contributed by atoms with van der Waals surface area (Å²) in [4.78, 5) is 39.8. The molecule has 0 fully saturated rings. The van der Waals surface area contributed by atoms with E-state index in [2.05, 4.69) is 0 Å². The van der Waals surface area contributed by atoms with Crippen LogP contribution in [0, 0.1) is 0 Å². The molecule has 2 amide bonds. The van der Waals surface area contributed by atoms with Gasteiger partial charge in [0.2, 0.25) is 0 Å². The molecular weight excluding hydrogens is 382 g/mol. The first kappa shape index (κ1) is 19.4. The first-order chi connectivity index (χ1) is 14.6. The van der Waals surface area contributed by atoms with Crippen LogP contribution in [-0.4, -0.2) is 29.8 Å². The standard InChI is InChI=1S/C24H19NO5/c1-29-17-13-11-16(12-14-17)21(15-22(26)30-18-7-3-2-4-8-18)25-23(27)19-9-5-6-10-20(19)24(25)28/h2-14,21H,15H2,1H3. The Morgan fingerprint density at radius 1 is 0.800 bits per heavy atom. The van der Waals surface area contributed by atoms with Crippen LogP contribution < -0.4 is 9.47 Å². The van der Waals surface area contributed by atoms with Crippen LogP contribution in [0.25, 0.3) is 0 Å². The molecule has 0 N–H and O–H groups in total. The molecule has 0 saturated carbocycles. The molecule has 1 atom stereocenters. The second kappa shape index (κ2) is 8.21. The predicted octanol–water partition coefficient (Wildman–Crippen LogP) is 4.03. The number of esters is 1. The number of para-hydroxylation sites is 1. The molecule has 1 unspecified atom stereocenters. The first-order valence-electron chi connectivity index (χ1n) is 9.45. The topological polar surface area (TPSA) is 72.9 Å². The Balaban J connectivity index is 1.66. The molecule has 0 saturated heterocycles. The third kappa shape index (κ3) is 3.67. The number of carbonyl (C=O) groups excluding carboxylic acids is 3. The van der Waals surface area contributed by atoms with Gasteiger partial charge in [-0.2, -0.15) is 0 Å². The highest BCUT2D eigenvalue weighted by molar-refractivity contribution is 6.21. The number of imide groups is 1. The zero-order valence-corrected chi connectivity index (χ0v) is 16.3. The van der Waals surface area contributed by atoms with Crippen LogP contribution in [0.15, 0.2) is 78.9 Å². The molecule has 1 heterocycles. The fourth-order valence-electron chi connectivity index (χ4n) is 3.49. The van der Waals surface area contributed by atoms with Crippen molar-refractivity contribution in [3.05, 3.63) is 95.6 Å². The van der Waals surface area contributed by atoms with Gasteiger partial charge in [-0.25, -0.2) is 0 Å². The minimum atomic E-state index is -0.806. The van der Waals surface area contributed by atoms with Gasteiger partial charge in [-0.15, -0.1) is 0 Å². The molecule has 1 aliphatic heterocycles. The lowest BCUT2D eigenvalue weighted by atomic mass is 10.0. The molecule has 3 aromatic carbocycles. The summed E-state index contributed by atoms with van der Waals surface area (Å²) < 4.78 is 10.6. The quantitative estimate of drug-likeness (QED) is 0.354. The lowest BCUT2D eigenvalue weighted by Gasteiger charge is -2.26. The summed E-state index contributed by atoms with van der Waals surface area (Å²) in [7, 11) is 1.55. The Labute approximate surface area is 173 Å². The molecule has 4 rings (SSSR count). The Bertz CT molecular complexity index is 1060. The van der Waals surface area contributed by atoms with Crippen molar-refractivity contribution in [3.8, 4) is 11.5 Å². The Morgan fingerprint density at radius 3 is 1.93 bits per heavy atom. The smallest absolute Gasteiger partial charge is 0.313 e. The number of rotatable bonds is 6. The lowest BCUT2D eigenvalue weighted by Crippen LogP contribution is -2.36. The lowest BCUT2D eigenvalue weighted by molar-refractivity contribution is -0.135. The SMILES string of the molecule is COc1ccc(C(CC(=O)Oc2ccccc2)N2C(=O)c3ccccc3C2=O)cc1. The van der Waals surface area contributed by atoms with Gasteiger partial charge in [0.15, 0.2) is 0 Å². The van der Waals surface area contributed by atoms with Crippen LogP contribution in [-0.2, 0) is 4.79 Å². The molecular formula is C24H19NO5. The fourth-order valence-corrected chi connectivity index (χ4v) is 3.49. The minimum Gasteiger partial charge on any atom is -0.497 e. The summed E-state index contributed by atoms with van der Waals surface area (Å²) in [5.41, 5.74) is 1.30. The highest BCUT2D eigenvalue weighted by Crippen LogP contribution is 2.34. The predicted molar refractivity (Wildman–Crippen MR) is 109 cm³/mol. The Hall–Kier alpha value is -3.93. The van der Waals surface area contributed by atoms with E-state index < -0.39 is 23.8 Å². The monoisotopic (exact) mass is 401 g/mol. The molecule has 30 heavy (non-hydrogen) atoms. The summed E-state index contributed by atoms with van der Waals surface area (Å²) >= 11 is 0. The number of hydrogen-bond donors (Lipinski definition) is 0. The van der Waals surface area contributed by atoms with Crippen molar-refractivity contribution in [1.82, 2.24) is 4.90 Å². The van der Waals surface area contributed by atoms with Gasteiger partial charge in [0.05, 0.1) is 30.7 Å². The van der Waals surface area contributed by atoms with E-state index in [4.69, 9.17) is 9.47 Å². The van der Waals surface area contributed by atoms with E-state index in [1.807, 2.05) is 6.07 Å². The highest BCUT2D eigenvalue weighted by atomic mass is 16.5. The molecule has 0 aliphatic carbocycles. The van der Waals surface area contributed by atoms with Crippen molar-refractivity contribution in [2.75, 3.05) is 7.11 Å². The van der Waals surface area contributed by atoms with Crippen LogP contribution in [0.5, 0.6) is 11.5 Å².